The number of fused-ring (bicyclic) bond motifs is 1. The molecule has 0 N–H and O–H groups in total. The smallest absolute Gasteiger partial charge is 0.338 e. The molecular formula is C31H30N4O4S2. The molecule has 3 aromatic heterocycles. The second-order valence-electron chi connectivity index (χ2n) is 9.82. The van der Waals surface area contributed by atoms with Gasteiger partial charge in [0.15, 0.2) is 4.80 Å². The predicted molar refractivity (Wildman–Crippen MR) is 161 cm³/mol. The summed E-state index contributed by atoms with van der Waals surface area (Å²) < 4.78 is 15.0. The van der Waals surface area contributed by atoms with Crippen molar-refractivity contribution in [3.63, 3.8) is 0 Å². The molecule has 5 rings (SSSR count). The molecule has 4 aromatic rings. The van der Waals surface area contributed by atoms with Crippen LogP contribution in [-0.2, 0) is 9.53 Å². The third-order valence-corrected chi connectivity index (χ3v) is 9.54. The third-order valence-electron chi connectivity index (χ3n) is 7.37. The zero-order valence-electron chi connectivity index (χ0n) is 24.0. The van der Waals surface area contributed by atoms with Crippen LogP contribution < -0.4 is 19.6 Å². The molecule has 0 spiro atoms. The number of hydrogen-bond donors (Lipinski definition) is 0. The number of thiophene rings is 1. The first-order valence-electron chi connectivity index (χ1n) is 13.1. The average molecular weight is 587 g/mol. The van der Waals surface area contributed by atoms with Crippen LogP contribution in [0.25, 0.3) is 11.1 Å². The van der Waals surface area contributed by atoms with E-state index in [1.165, 1.54) is 11.3 Å². The standard InChI is InChI=1S/C31H30N4O4S2/c1-8-39-30(37)26-18(4)33-31-35(27(26)21-10-9-11-23(13-21)38-7)28(36)25(41-31)14-22-12-16(2)34(19(22)5)29-24(15-32)17(3)20(6)40-29/h9-14,27H,8H2,1-7H3/b25-14+/t27-/m1/s1. The van der Waals surface area contributed by atoms with E-state index in [2.05, 4.69) is 15.6 Å². The third kappa shape index (κ3) is 4.75. The van der Waals surface area contributed by atoms with Gasteiger partial charge in [0.1, 0.15) is 16.8 Å². The number of ether oxygens (including phenoxy) is 2. The van der Waals surface area contributed by atoms with Crippen LogP contribution in [0.1, 0.15) is 58.4 Å². The molecule has 0 amide bonds. The number of aromatic nitrogens is 2. The first-order chi connectivity index (χ1) is 19.6. The van der Waals surface area contributed by atoms with Gasteiger partial charge in [-0.1, -0.05) is 23.5 Å². The minimum Gasteiger partial charge on any atom is -0.497 e. The summed E-state index contributed by atoms with van der Waals surface area (Å²) >= 11 is 2.87. The molecule has 0 bridgehead atoms. The van der Waals surface area contributed by atoms with Crippen LogP contribution in [0.4, 0.5) is 0 Å². The molecule has 1 atom stereocenters. The van der Waals surface area contributed by atoms with E-state index in [1.54, 1.807) is 36.9 Å². The minimum absolute atomic E-state index is 0.206. The lowest BCUT2D eigenvalue weighted by atomic mass is 9.95. The van der Waals surface area contributed by atoms with Crippen LogP contribution in [0, 0.1) is 39.0 Å². The number of allylic oxidation sites excluding steroid dienone is 1. The molecule has 41 heavy (non-hydrogen) atoms. The fourth-order valence-corrected chi connectivity index (χ4v) is 7.46. The quantitative estimate of drug-likeness (QED) is 0.303. The Labute approximate surface area is 245 Å². The zero-order chi connectivity index (χ0) is 29.6. The van der Waals surface area contributed by atoms with Crippen molar-refractivity contribution in [1.29, 1.82) is 5.26 Å². The lowest BCUT2D eigenvalue weighted by molar-refractivity contribution is -0.139. The summed E-state index contributed by atoms with van der Waals surface area (Å²) in [5.41, 5.74) is 5.73. The molecule has 1 aliphatic rings. The van der Waals surface area contributed by atoms with Crippen molar-refractivity contribution in [1.82, 2.24) is 9.13 Å². The van der Waals surface area contributed by atoms with E-state index in [0.29, 0.717) is 31.9 Å². The monoisotopic (exact) mass is 586 g/mol. The molecular weight excluding hydrogens is 556 g/mol. The van der Waals surface area contributed by atoms with Crippen molar-refractivity contribution < 1.29 is 14.3 Å². The van der Waals surface area contributed by atoms with Crippen LogP contribution in [0.2, 0.25) is 0 Å². The van der Waals surface area contributed by atoms with E-state index in [4.69, 9.17) is 9.47 Å². The summed E-state index contributed by atoms with van der Waals surface area (Å²) in [5, 5.41) is 10.7. The number of hydrogen-bond acceptors (Lipinski definition) is 8. The van der Waals surface area contributed by atoms with Crippen molar-refractivity contribution in [2.45, 2.75) is 47.6 Å². The molecule has 1 aliphatic heterocycles. The molecule has 0 saturated carbocycles. The lowest BCUT2D eigenvalue weighted by Crippen LogP contribution is -2.39. The maximum absolute atomic E-state index is 14.0. The number of nitrogens with zero attached hydrogens (tertiary/aromatic N) is 4. The summed E-state index contributed by atoms with van der Waals surface area (Å²) in [6.45, 7) is 11.7. The number of methoxy groups -OCH3 is 1. The molecule has 10 heteroatoms. The highest BCUT2D eigenvalue weighted by Gasteiger charge is 2.33. The van der Waals surface area contributed by atoms with Crippen molar-refractivity contribution >= 4 is 34.7 Å². The number of aryl methyl sites for hydroxylation is 2. The Bertz CT molecular complexity index is 1960. The van der Waals surface area contributed by atoms with Crippen LogP contribution in [0.15, 0.2) is 51.4 Å². The number of rotatable bonds is 6. The van der Waals surface area contributed by atoms with Gasteiger partial charge in [0.2, 0.25) is 0 Å². The SMILES string of the molecule is CCOC(=O)C1=C(C)N=c2s/c(=C/c3cc(C)n(-c4sc(C)c(C)c4C#N)c3C)c(=O)n2[C@@H]1c1cccc(OC)c1. The Kier molecular flexibility index (Phi) is 7.60. The number of esters is 1. The molecule has 0 unspecified atom stereocenters. The Hall–Kier alpha value is -4.20. The minimum atomic E-state index is -0.717. The van der Waals surface area contributed by atoms with Gasteiger partial charge in [-0.05, 0) is 82.5 Å². The van der Waals surface area contributed by atoms with Gasteiger partial charge >= 0.3 is 5.97 Å². The van der Waals surface area contributed by atoms with Crippen LogP contribution in [0.5, 0.6) is 5.75 Å². The van der Waals surface area contributed by atoms with Gasteiger partial charge in [0.25, 0.3) is 5.56 Å². The van der Waals surface area contributed by atoms with Crippen LogP contribution in [0.3, 0.4) is 0 Å². The Morgan fingerprint density at radius 3 is 2.61 bits per heavy atom. The normalized spacial score (nSPS) is 15.0. The summed E-state index contributed by atoms with van der Waals surface area (Å²) in [6.07, 6.45) is 1.87. The highest BCUT2D eigenvalue weighted by Crippen LogP contribution is 2.34. The Morgan fingerprint density at radius 2 is 1.93 bits per heavy atom. The number of carbonyl (C=O) groups is 1. The molecule has 1 aromatic carbocycles. The maximum Gasteiger partial charge on any atom is 0.338 e. The fraction of sp³-hybridized carbons (Fsp3) is 0.290. The number of thiazole rings is 1. The van der Waals surface area contributed by atoms with Gasteiger partial charge in [-0.15, -0.1) is 11.3 Å². The average Bonchev–Trinajstić information content (AvgIpc) is 3.51. The van der Waals surface area contributed by atoms with E-state index in [1.807, 2.05) is 64.1 Å². The highest BCUT2D eigenvalue weighted by atomic mass is 32.1. The molecule has 210 valence electrons. The van der Waals surface area contributed by atoms with E-state index in [9.17, 15) is 14.9 Å². The fourth-order valence-electron chi connectivity index (χ4n) is 5.20. The summed E-state index contributed by atoms with van der Waals surface area (Å²) in [6, 6.07) is 11.0. The second kappa shape index (κ2) is 11.0. The van der Waals surface area contributed by atoms with Crippen molar-refractivity contribution in [2.75, 3.05) is 13.7 Å². The van der Waals surface area contributed by atoms with Gasteiger partial charge in [-0.25, -0.2) is 9.79 Å². The van der Waals surface area contributed by atoms with E-state index >= 15 is 0 Å². The second-order valence-corrected chi connectivity index (χ2v) is 12.0. The maximum atomic E-state index is 14.0. The largest absolute Gasteiger partial charge is 0.497 e. The van der Waals surface area contributed by atoms with Gasteiger partial charge in [-0.2, -0.15) is 5.26 Å². The molecule has 8 nitrogen and oxygen atoms in total. The van der Waals surface area contributed by atoms with E-state index < -0.39 is 12.0 Å². The Morgan fingerprint density at radius 1 is 1.17 bits per heavy atom. The van der Waals surface area contributed by atoms with Gasteiger partial charge in [0.05, 0.1) is 41.1 Å². The van der Waals surface area contributed by atoms with Gasteiger partial charge < -0.3 is 14.0 Å². The number of carbonyl (C=O) groups excluding carboxylic acids is 1. The molecule has 0 radical (unpaired) electrons. The number of benzene rings is 1. The van der Waals surface area contributed by atoms with Gasteiger partial charge in [0, 0.05) is 16.3 Å². The van der Waals surface area contributed by atoms with Crippen LogP contribution in [-0.4, -0.2) is 28.8 Å². The summed E-state index contributed by atoms with van der Waals surface area (Å²) in [4.78, 5) is 33.5. The zero-order valence-corrected chi connectivity index (χ0v) is 25.6. The van der Waals surface area contributed by atoms with Crippen molar-refractivity contribution in [3.8, 4) is 16.8 Å². The molecule has 0 aliphatic carbocycles. The van der Waals surface area contributed by atoms with E-state index in [0.717, 1.165) is 38.0 Å². The predicted octanol–water partition coefficient (Wildman–Crippen LogP) is 4.76. The summed E-state index contributed by atoms with van der Waals surface area (Å²) in [7, 11) is 1.58. The van der Waals surface area contributed by atoms with Crippen molar-refractivity contribution in [2.24, 2.45) is 4.99 Å². The summed E-state index contributed by atoms with van der Waals surface area (Å²) in [5.74, 6) is 0.111. The Balaban J connectivity index is 1.71. The van der Waals surface area contributed by atoms with Crippen LogP contribution >= 0.6 is 22.7 Å². The molecule has 0 saturated heterocycles. The van der Waals surface area contributed by atoms with E-state index in [-0.39, 0.29) is 12.2 Å². The first kappa shape index (κ1) is 28.3. The number of nitriles is 1. The first-order valence-corrected chi connectivity index (χ1v) is 14.8. The molecule has 0 fully saturated rings. The van der Waals surface area contributed by atoms with Gasteiger partial charge in [-0.3, -0.25) is 9.36 Å². The topological polar surface area (TPSA) is 98.6 Å². The van der Waals surface area contributed by atoms with Crippen molar-refractivity contribution in [3.05, 3.63) is 99.8 Å². The highest BCUT2D eigenvalue weighted by molar-refractivity contribution is 7.15. The molecule has 4 heterocycles. The lowest BCUT2D eigenvalue weighted by Gasteiger charge is -2.25.